The molecule has 0 atom stereocenters. The maximum Gasteiger partial charge on any atom is 0.427 e. The average molecular weight is 499 g/mol. The van der Waals surface area contributed by atoms with E-state index < -0.39 is 57.4 Å². The van der Waals surface area contributed by atoms with Crippen LogP contribution in [0, 0.1) is 17.5 Å². The summed E-state index contributed by atoms with van der Waals surface area (Å²) in [4.78, 5) is 30.2. The highest BCUT2D eigenvalue weighted by molar-refractivity contribution is 6.31. The van der Waals surface area contributed by atoms with Gasteiger partial charge in [0.1, 0.15) is 27.9 Å². The third kappa shape index (κ3) is 5.41. The Morgan fingerprint density at radius 1 is 0.971 bits per heavy atom. The molecule has 0 aliphatic rings. The Labute approximate surface area is 198 Å². The lowest BCUT2D eigenvalue weighted by molar-refractivity contribution is 0.0427. The lowest BCUT2D eigenvalue weighted by Gasteiger charge is -2.26. The van der Waals surface area contributed by atoms with Crippen molar-refractivity contribution in [1.82, 2.24) is 14.6 Å². The van der Waals surface area contributed by atoms with Gasteiger partial charge in [-0.15, -0.1) is 10.00 Å². The fourth-order valence-electron chi connectivity index (χ4n) is 2.80. The van der Waals surface area contributed by atoms with Crippen molar-refractivity contribution < 1.29 is 32.2 Å². The molecule has 2 amide bonds. The van der Waals surface area contributed by atoms with E-state index in [1.54, 1.807) is 41.5 Å². The number of benzene rings is 1. The van der Waals surface area contributed by atoms with Crippen LogP contribution in [0.3, 0.4) is 0 Å². The molecule has 0 N–H and O–H groups in total. The summed E-state index contributed by atoms with van der Waals surface area (Å²) in [5.74, 6) is -4.09. The minimum absolute atomic E-state index is 0.0175. The molecule has 0 fully saturated rings. The smallest absolute Gasteiger partial charge is 0.427 e. The van der Waals surface area contributed by atoms with Crippen molar-refractivity contribution >= 4 is 35.4 Å². The molecule has 0 saturated carbocycles. The maximum atomic E-state index is 14.5. The number of halogens is 4. The fourth-order valence-corrected chi connectivity index (χ4v) is 2.95. The number of anilines is 1. The van der Waals surface area contributed by atoms with Crippen molar-refractivity contribution in [3.8, 4) is 11.1 Å². The molecule has 0 spiro atoms. The SMILES string of the molecule is CC(C)(C)OC(=O)N(C(=O)OC(C)(C)C)c1nc2cc(-c3c(F)cc(F)c(Cl)c3F)ccn2n1. The summed E-state index contributed by atoms with van der Waals surface area (Å²) in [6.45, 7) is 9.66. The number of ether oxygens (including phenoxy) is 2. The van der Waals surface area contributed by atoms with E-state index in [4.69, 9.17) is 21.1 Å². The number of carbonyl (C=O) groups is 2. The van der Waals surface area contributed by atoms with E-state index in [0.29, 0.717) is 11.0 Å². The molecular formula is C22H22ClF3N4O4. The molecule has 0 bridgehead atoms. The van der Waals surface area contributed by atoms with Gasteiger partial charge in [0, 0.05) is 12.3 Å². The highest BCUT2D eigenvalue weighted by Gasteiger charge is 2.35. The molecule has 0 radical (unpaired) electrons. The lowest BCUT2D eigenvalue weighted by atomic mass is 10.1. The van der Waals surface area contributed by atoms with Crippen molar-refractivity contribution in [3.63, 3.8) is 0 Å². The third-order valence-corrected chi connectivity index (χ3v) is 4.43. The van der Waals surface area contributed by atoms with E-state index >= 15 is 0 Å². The van der Waals surface area contributed by atoms with Crippen LogP contribution in [0.2, 0.25) is 5.02 Å². The number of rotatable bonds is 2. The van der Waals surface area contributed by atoms with Crippen LogP contribution >= 0.6 is 11.6 Å². The monoisotopic (exact) mass is 498 g/mol. The molecule has 182 valence electrons. The number of aromatic nitrogens is 3. The Kier molecular flexibility index (Phi) is 6.53. The van der Waals surface area contributed by atoms with Gasteiger partial charge in [0.25, 0.3) is 5.95 Å². The fraction of sp³-hybridized carbons (Fsp3) is 0.364. The number of nitrogens with zero attached hydrogens (tertiary/aromatic N) is 4. The van der Waals surface area contributed by atoms with Crippen molar-refractivity contribution in [2.75, 3.05) is 4.90 Å². The zero-order valence-corrected chi connectivity index (χ0v) is 20.0. The Hall–Kier alpha value is -3.34. The topological polar surface area (TPSA) is 86.0 Å². The molecule has 2 heterocycles. The van der Waals surface area contributed by atoms with Gasteiger partial charge < -0.3 is 9.47 Å². The van der Waals surface area contributed by atoms with Gasteiger partial charge in [0.15, 0.2) is 11.5 Å². The van der Waals surface area contributed by atoms with Crippen LogP contribution in [0.4, 0.5) is 28.7 Å². The minimum Gasteiger partial charge on any atom is -0.443 e. The predicted molar refractivity (Wildman–Crippen MR) is 118 cm³/mol. The summed E-state index contributed by atoms with van der Waals surface area (Å²) in [6.07, 6.45) is -0.875. The highest BCUT2D eigenvalue weighted by Crippen LogP contribution is 2.33. The highest BCUT2D eigenvalue weighted by atomic mass is 35.5. The van der Waals surface area contributed by atoms with Crippen LogP contribution in [0.15, 0.2) is 24.4 Å². The van der Waals surface area contributed by atoms with Crippen LogP contribution in [-0.2, 0) is 9.47 Å². The number of fused-ring (bicyclic) bond motifs is 1. The predicted octanol–water partition coefficient (Wildman–Crippen LogP) is 6.14. The molecule has 3 aromatic rings. The second kappa shape index (κ2) is 8.79. The summed E-state index contributed by atoms with van der Waals surface area (Å²) < 4.78 is 54.1. The Morgan fingerprint density at radius 2 is 1.53 bits per heavy atom. The van der Waals surface area contributed by atoms with E-state index in [-0.39, 0.29) is 11.2 Å². The van der Waals surface area contributed by atoms with Crippen molar-refractivity contribution in [2.45, 2.75) is 52.7 Å². The largest absolute Gasteiger partial charge is 0.443 e. The third-order valence-electron chi connectivity index (χ3n) is 4.08. The van der Waals surface area contributed by atoms with E-state index in [1.165, 1.54) is 22.8 Å². The molecule has 2 aromatic heterocycles. The summed E-state index contributed by atoms with van der Waals surface area (Å²) in [5.41, 5.74) is -2.47. The standard InChI is InChI=1S/C22H22ClF3N4O4/c1-21(2,3)33-19(31)30(20(32)34-22(4,5)6)18-27-14-9-11(7-8-29(14)28-18)15-12(24)10-13(25)16(23)17(15)26/h7-10H,1-6H3. The second-order valence-corrected chi connectivity index (χ2v) is 9.65. The van der Waals surface area contributed by atoms with Gasteiger partial charge >= 0.3 is 12.2 Å². The number of hydrogen-bond donors (Lipinski definition) is 0. The molecule has 0 unspecified atom stereocenters. The summed E-state index contributed by atoms with van der Waals surface area (Å²) in [6, 6.07) is 2.98. The van der Waals surface area contributed by atoms with E-state index in [0.717, 1.165) is 0 Å². The van der Waals surface area contributed by atoms with Crippen molar-refractivity contribution in [1.29, 1.82) is 0 Å². The van der Waals surface area contributed by atoms with Crippen molar-refractivity contribution in [2.24, 2.45) is 0 Å². The zero-order valence-electron chi connectivity index (χ0n) is 19.2. The minimum atomic E-state index is -1.28. The number of amides is 2. The average Bonchev–Trinajstić information content (AvgIpc) is 3.06. The Bertz CT molecular complexity index is 1250. The summed E-state index contributed by atoms with van der Waals surface area (Å²) in [7, 11) is 0. The van der Waals surface area contributed by atoms with Gasteiger partial charge in [-0.2, -0.15) is 4.98 Å². The van der Waals surface area contributed by atoms with Gasteiger partial charge in [0.2, 0.25) is 0 Å². The van der Waals surface area contributed by atoms with Gasteiger partial charge in [-0.1, -0.05) is 11.6 Å². The normalized spacial score (nSPS) is 12.1. The number of hydrogen-bond acceptors (Lipinski definition) is 6. The number of imide groups is 1. The molecule has 8 nitrogen and oxygen atoms in total. The van der Waals surface area contributed by atoms with Gasteiger partial charge in [-0.3, -0.25) is 0 Å². The van der Waals surface area contributed by atoms with Crippen LogP contribution < -0.4 is 4.90 Å². The second-order valence-electron chi connectivity index (χ2n) is 9.27. The molecule has 0 saturated heterocycles. The van der Waals surface area contributed by atoms with Crippen LogP contribution in [0.5, 0.6) is 0 Å². The first-order chi connectivity index (χ1) is 15.6. The number of pyridine rings is 1. The first-order valence-electron chi connectivity index (χ1n) is 10.0. The molecule has 34 heavy (non-hydrogen) atoms. The molecule has 0 aliphatic carbocycles. The van der Waals surface area contributed by atoms with Crippen LogP contribution in [0.25, 0.3) is 16.8 Å². The molecule has 3 rings (SSSR count). The number of carbonyl (C=O) groups excluding carboxylic acids is 2. The molecule has 1 aromatic carbocycles. The van der Waals surface area contributed by atoms with E-state index in [2.05, 4.69) is 10.1 Å². The van der Waals surface area contributed by atoms with E-state index in [9.17, 15) is 22.8 Å². The molecule has 0 aliphatic heterocycles. The molecule has 12 heteroatoms. The quantitative estimate of drug-likeness (QED) is 0.311. The van der Waals surface area contributed by atoms with E-state index in [1.807, 2.05) is 0 Å². The Morgan fingerprint density at radius 3 is 2.06 bits per heavy atom. The van der Waals surface area contributed by atoms with Crippen molar-refractivity contribution in [3.05, 3.63) is 46.9 Å². The van der Waals surface area contributed by atoms with Gasteiger partial charge in [-0.25, -0.2) is 27.3 Å². The Balaban J connectivity index is 2.09. The molecular weight excluding hydrogens is 477 g/mol. The van der Waals surface area contributed by atoms with Crippen LogP contribution in [-0.4, -0.2) is 38.0 Å². The zero-order chi connectivity index (χ0) is 25.6. The first kappa shape index (κ1) is 25.3. The maximum absolute atomic E-state index is 14.5. The summed E-state index contributed by atoms with van der Waals surface area (Å²) in [5, 5.41) is 3.22. The van der Waals surface area contributed by atoms with Gasteiger partial charge in [0.05, 0.1) is 5.56 Å². The first-order valence-corrected chi connectivity index (χ1v) is 10.4. The van der Waals surface area contributed by atoms with Crippen LogP contribution in [0.1, 0.15) is 41.5 Å². The summed E-state index contributed by atoms with van der Waals surface area (Å²) >= 11 is 5.58. The lowest BCUT2D eigenvalue weighted by Crippen LogP contribution is -2.44. The van der Waals surface area contributed by atoms with Gasteiger partial charge in [-0.05, 0) is 59.2 Å².